The predicted molar refractivity (Wildman–Crippen MR) is 80.5 cm³/mol. The van der Waals surface area contributed by atoms with Gasteiger partial charge in [-0.3, -0.25) is 0 Å². The van der Waals surface area contributed by atoms with Gasteiger partial charge in [-0.05, 0) is 25.1 Å². The predicted octanol–water partition coefficient (Wildman–Crippen LogP) is 3.73. The molecule has 7 heteroatoms. The number of halogens is 2. The number of hydrogen-bond donors (Lipinski definition) is 2. The molecule has 0 saturated heterocycles. The molecule has 0 bridgehead atoms. The third-order valence-electron chi connectivity index (χ3n) is 2.70. The lowest BCUT2D eigenvalue weighted by atomic mass is 10.3. The van der Waals surface area contributed by atoms with Crippen molar-refractivity contribution in [2.75, 3.05) is 5.43 Å². The molecule has 0 amide bonds. The van der Waals surface area contributed by atoms with E-state index < -0.39 is 0 Å². The van der Waals surface area contributed by atoms with E-state index >= 15 is 0 Å². The lowest BCUT2D eigenvalue weighted by Crippen LogP contribution is -2.13. The van der Waals surface area contributed by atoms with E-state index in [1.165, 1.54) is 0 Å². The van der Waals surface area contributed by atoms with E-state index in [1.807, 2.05) is 13.8 Å². The van der Waals surface area contributed by atoms with Crippen molar-refractivity contribution >= 4 is 29.0 Å². The van der Waals surface area contributed by atoms with Gasteiger partial charge in [-0.1, -0.05) is 30.1 Å². The topological polar surface area (TPSA) is 73.1 Å². The van der Waals surface area contributed by atoms with Crippen molar-refractivity contribution in [1.29, 1.82) is 0 Å². The van der Waals surface area contributed by atoms with E-state index in [1.54, 1.807) is 18.2 Å². The molecule has 0 radical (unpaired) electrons. The molecule has 1 heterocycles. The SMILES string of the molecule is CCc1nc(NN)c(C)c(Oc2ccc(Cl)cc2Cl)n1. The number of nitrogens with one attached hydrogen (secondary N) is 1. The summed E-state index contributed by atoms with van der Waals surface area (Å²) < 4.78 is 5.74. The summed E-state index contributed by atoms with van der Waals surface area (Å²) in [6.45, 7) is 3.76. The number of hydrogen-bond acceptors (Lipinski definition) is 5. The van der Waals surface area contributed by atoms with Crippen molar-refractivity contribution < 1.29 is 4.74 Å². The minimum atomic E-state index is 0.411. The van der Waals surface area contributed by atoms with Crippen LogP contribution in [-0.4, -0.2) is 9.97 Å². The molecule has 0 fully saturated rings. The molecule has 0 spiro atoms. The van der Waals surface area contributed by atoms with Crippen molar-refractivity contribution in [3.05, 3.63) is 39.6 Å². The first-order valence-electron chi connectivity index (χ1n) is 6.02. The number of nitrogens with two attached hydrogens (primary N) is 1. The lowest BCUT2D eigenvalue weighted by molar-refractivity contribution is 0.455. The van der Waals surface area contributed by atoms with Crippen molar-refractivity contribution in [3.8, 4) is 11.6 Å². The van der Waals surface area contributed by atoms with Crippen LogP contribution in [0, 0.1) is 6.92 Å². The van der Waals surface area contributed by atoms with Crippen LogP contribution in [0.5, 0.6) is 11.6 Å². The molecule has 0 saturated carbocycles. The summed E-state index contributed by atoms with van der Waals surface area (Å²) >= 11 is 11.9. The Labute approximate surface area is 127 Å². The van der Waals surface area contributed by atoms with E-state index in [0.717, 1.165) is 0 Å². The monoisotopic (exact) mass is 312 g/mol. The molecule has 0 aliphatic heterocycles. The van der Waals surface area contributed by atoms with E-state index in [4.69, 9.17) is 33.8 Å². The Kier molecular flexibility index (Phi) is 4.65. The molecule has 0 aliphatic rings. The highest BCUT2D eigenvalue weighted by Crippen LogP contribution is 2.33. The Morgan fingerprint density at radius 3 is 2.65 bits per heavy atom. The molecule has 2 aromatic rings. The van der Waals surface area contributed by atoms with Crippen molar-refractivity contribution in [3.63, 3.8) is 0 Å². The summed E-state index contributed by atoms with van der Waals surface area (Å²) in [6.07, 6.45) is 0.666. The Morgan fingerprint density at radius 2 is 2.05 bits per heavy atom. The fraction of sp³-hybridized carbons (Fsp3) is 0.231. The van der Waals surface area contributed by atoms with Crippen molar-refractivity contribution in [2.45, 2.75) is 20.3 Å². The van der Waals surface area contributed by atoms with E-state index in [0.29, 0.717) is 45.3 Å². The number of nitrogens with zero attached hydrogens (tertiary/aromatic N) is 2. The summed E-state index contributed by atoms with van der Waals surface area (Å²) in [5, 5.41) is 0.955. The zero-order chi connectivity index (χ0) is 14.7. The van der Waals surface area contributed by atoms with Crippen LogP contribution in [0.3, 0.4) is 0 Å². The van der Waals surface area contributed by atoms with Crippen LogP contribution in [-0.2, 0) is 6.42 Å². The molecule has 20 heavy (non-hydrogen) atoms. The molecule has 1 aromatic carbocycles. The minimum Gasteiger partial charge on any atom is -0.437 e. The average Bonchev–Trinajstić information content (AvgIpc) is 2.43. The molecule has 0 atom stereocenters. The van der Waals surface area contributed by atoms with Gasteiger partial charge in [-0.2, -0.15) is 4.98 Å². The molecule has 1 aromatic heterocycles. The first-order valence-corrected chi connectivity index (χ1v) is 6.77. The maximum absolute atomic E-state index is 6.09. The van der Waals surface area contributed by atoms with Gasteiger partial charge in [-0.25, -0.2) is 10.8 Å². The molecule has 2 rings (SSSR count). The number of ether oxygens (including phenoxy) is 1. The van der Waals surface area contributed by atoms with Gasteiger partial charge in [0.25, 0.3) is 0 Å². The Hall–Kier alpha value is -1.56. The fourth-order valence-corrected chi connectivity index (χ4v) is 2.05. The van der Waals surface area contributed by atoms with Crippen LogP contribution in [0.2, 0.25) is 10.0 Å². The number of nitrogen functional groups attached to an aromatic ring is 1. The molecule has 5 nitrogen and oxygen atoms in total. The third-order valence-corrected chi connectivity index (χ3v) is 3.23. The third kappa shape index (κ3) is 3.12. The van der Waals surface area contributed by atoms with Gasteiger partial charge in [0, 0.05) is 11.4 Å². The van der Waals surface area contributed by atoms with Crippen LogP contribution < -0.4 is 16.0 Å². The normalized spacial score (nSPS) is 10.4. The highest BCUT2D eigenvalue weighted by Gasteiger charge is 2.13. The Balaban J connectivity index is 2.42. The van der Waals surface area contributed by atoms with Crippen LogP contribution in [0.15, 0.2) is 18.2 Å². The smallest absolute Gasteiger partial charge is 0.227 e. The standard InChI is InChI=1S/C13H14Cl2N4O/c1-3-11-17-12(19-16)7(2)13(18-11)20-10-5-4-8(14)6-9(10)15/h4-6H,3,16H2,1-2H3,(H,17,18,19). The second kappa shape index (κ2) is 6.26. The van der Waals surface area contributed by atoms with Gasteiger partial charge < -0.3 is 10.2 Å². The number of benzene rings is 1. The highest BCUT2D eigenvalue weighted by molar-refractivity contribution is 6.35. The lowest BCUT2D eigenvalue weighted by Gasteiger charge is -2.13. The second-order valence-electron chi connectivity index (χ2n) is 4.09. The maximum atomic E-state index is 6.09. The van der Waals surface area contributed by atoms with Gasteiger partial charge in [-0.15, -0.1) is 0 Å². The maximum Gasteiger partial charge on any atom is 0.227 e. The summed E-state index contributed by atoms with van der Waals surface area (Å²) in [5.74, 6) is 7.49. The molecule has 3 N–H and O–H groups in total. The second-order valence-corrected chi connectivity index (χ2v) is 4.94. The van der Waals surface area contributed by atoms with E-state index in [2.05, 4.69) is 15.4 Å². The van der Waals surface area contributed by atoms with Crippen LogP contribution in [0.1, 0.15) is 18.3 Å². The molecular formula is C13H14Cl2N4O. The van der Waals surface area contributed by atoms with Gasteiger partial charge in [0.15, 0.2) is 0 Å². The Bertz CT molecular complexity index is 634. The van der Waals surface area contributed by atoms with Crippen LogP contribution >= 0.6 is 23.2 Å². The zero-order valence-corrected chi connectivity index (χ0v) is 12.6. The van der Waals surface area contributed by atoms with Gasteiger partial charge >= 0.3 is 0 Å². The van der Waals surface area contributed by atoms with Crippen LogP contribution in [0.4, 0.5) is 5.82 Å². The quantitative estimate of drug-likeness (QED) is 0.664. The number of hydrazine groups is 1. The van der Waals surface area contributed by atoms with Crippen molar-refractivity contribution in [1.82, 2.24) is 9.97 Å². The highest BCUT2D eigenvalue weighted by atomic mass is 35.5. The first kappa shape index (κ1) is 14.8. The van der Waals surface area contributed by atoms with Gasteiger partial charge in [0.05, 0.1) is 10.6 Å². The van der Waals surface area contributed by atoms with Gasteiger partial charge in [0.2, 0.25) is 5.88 Å². The number of rotatable bonds is 4. The molecule has 0 aliphatic carbocycles. The first-order chi connectivity index (χ1) is 9.55. The van der Waals surface area contributed by atoms with Crippen molar-refractivity contribution in [2.24, 2.45) is 5.84 Å². The largest absolute Gasteiger partial charge is 0.437 e. The number of aromatic nitrogens is 2. The molecular weight excluding hydrogens is 299 g/mol. The van der Waals surface area contributed by atoms with Crippen LogP contribution in [0.25, 0.3) is 0 Å². The number of anilines is 1. The fourth-order valence-electron chi connectivity index (χ4n) is 1.60. The zero-order valence-electron chi connectivity index (χ0n) is 11.1. The summed E-state index contributed by atoms with van der Waals surface area (Å²) in [4.78, 5) is 8.60. The summed E-state index contributed by atoms with van der Waals surface area (Å²) in [5.41, 5.74) is 3.24. The molecule has 0 unspecified atom stereocenters. The summed E-state index contributed by atoms with van der Waals surface area (Å²) in [7, 11) is 0. The molecule has 106 valence electrons. The van der Waals surface area contributed by atoms with E-state index in [9.17, 15) is 0 Å². The van der Waals surface area contributed by atoms with E-state index in [-0.39, 0.29) is 0 Å². The summed E-state index contributed by atoms with van der Waals surface area (Å²) in [6, 6.07) is 4.99. The van der Waals surface area contributed by atoms with Gasteiger partial charge in [0.1, 0.15) is 17.4 Å². The number of aryl methyl sites for hydroxylation is 1. The Morgan fingerprint density at radius 1 is 1.30 bits per heavy atom. The minimum absolute atomic E-state index is 0.411. The average molecular weight is 313 g/mol.